The Hall–Kier alpha value is -2.43. The molecule has 0 aliphatic rings. The number of hydrogen-bond acceptors (Lipinski definition) is 3. The van der Waals surface area contributed by atoms with E-state index in [1.165, 1.54) is 0 Å². The van der Waals surface area contributed by atoms with Crippen molar-refractivity contribution in [1.29, 1.82) is 0 Å². The van der Waals surface area contributed by atoms with Crippen LogP contribution in [-0.4, -0.2) is 24.7 Å². The Bertz CT molecular complexity index is 655. The smallest absolute Gasteiger partial charge is 0.181 e. The summed E-state index contributed by atoms with van der Waals surface area (Å²) in [5.41, 5.74) is 2.10. The zero-order valence-electron chi connectivity index (χ0n) is 11.5. The van der Waals surface area contributed by atoms with Gasteiger partial charge in [-0.2, -0.15) is 5.10 Å². The van der Waals surface area contributed by atoms with Crippen LogP contribution in [-0.2, 0) is 13.0 Å². The molecule has 0 saturated heterocycles. The third-order valence-electron chi connectivity index (χ3n) is 3.12. The number of H-pyrrole nitrogens is 1. The first-order valence-corrected chi connectivity index (χ1v) is 6.83. The van der Waals surface area contributed by atoms with E-state index in [4.69, 9.17) is 0 Å². The van der Waals surface area contributed by atoms with Gasteiger partial charge in [0.25, 0.3) is 0 Å². The molecule has 3 aromatic rings. The second-order valence-corrected chi connectivity index (χ2v) is 4.69. The van der Waals surface area contributed by atoms with E-state index in [-0.39, 0.29) is 0 Å². The van der Waals surface area contributed by atoms with Crippen molar-refractivity contribution in [3.05, 3.63) is 54.4 Å². The van der Waals surface area contributed by atoms with Gasteiger partial charge in [0.1, 0.15) is 5.82 Å². The fraction of sp³-hybridized carbons (Fsp3) is 0.267. The van der Waals surface area contributed by atoms with E-state index in [0.717, 1.165) is 42.3 Å². The van der Waals surface area contributed by atoms with E-state index in [1.807, 2.05) is 41.2 Å². The third kappa shape index (κ3) is 2.61. The van der Waals surface area contributed by atoms with Gasteiger partial charge in [-0.15, -0.1) is 0 Å². The quantitative estimate of drug-likeness (QED) is 0.773. The summed E-state index contributed by atoms with van der Waals surface area (Å²) >= 11 is 0. The van der Waals surface area contributed by atoms with Crippen LogP contribution in [0.2, 0.25) is 0 Å². The fourth-order valence-corrected chi connectivity index (χ4v) is 2.16. The molecule has 0 amide bonds. The number of aryl methyl sites for hydroxylation is 1. The van der Waals surface area contributed by atoms with Crippen molar-refractivity contribution in [2.75, 3.05) is 0 Å². The van der Waals surface area contributed by atoms with Crippen molar-refractivity contribution >= 4 is 0 Å². The number of imidazole rings is 1. The van der Waals surface area contributed by atoms with Gasteiger partial charge >= 0.3 is 0 Å². The Kier molecular flexibility index (Phi) is 3.58. The van der Waals surface area contributed by atoms with Crippen LogP contribution in [0.25, 0.3) is 11.4 Å². The molecule has 102 valence electrons. The molecule has 2 heterocycles. The van der Waals surface area contributed by atoms with Crippen LogP contribution in [0.4, 0.5) is 0 Å². The van der Waals surface area contributed by atoms with Gasteiger partial charge in [0.15, 0.2) is 5.82 Å². The highest BCUT2D eigenvalue weighted by Crippen LogP contribution is 2.16. The maximum absolute atomic E-state index is 4.68. The van der Waals surface area contributed by atoms with Gasteiger partial charge < -0.3 is 4.98 Å². The molecule has 0 unspecified atom stereocenters. The second kappa shape index (κ2) is 5.69. The lowest BCUT2D eigenvalue weighted by Gasteiger charge is -2.02. The molecule has 1 aromatic carbocycles. The van der Waals surface area contributed by atoms with Crippen LogP contribution < -0.4 is 0 Å². The van der Waals surface area contributed by atoms with Crippen LogP contribution in [0.5, 0.6) is 0 Å². The molecule has 0 aliphatic heterocycles. The second-order valence-electron chi connectivity index (χ2n) is 4.69. The Morgan fingerprint density at radius 1 is 1.20 bits per heavy atom. The van der Waals surface area contributed by atoms with Gasteiger partial charge in [-0.25, -0.2) is 14.6 Å². The normalized spacial score (nSPS) is 10.8. The molecule has 0 fully saturated rings. The maximum atomic E-state index is 4.68. The Balaban J connectivity index is 1.94. The molecule has 0 radical (unpaired) electrons. The Morgan fingerprint density at radius 3 is 2.75 bits per heavy atom. The minimum Gasteiger partial charge on any atom is -0.348 e. The van der Waals surface area contributed by atoms with Crippen molar-refractivity contribution in [3.63, 3.8) is 0 Å². The molecule has 0 atom stereocenters. The number of hydrogen-bond donors (Lipinski definition) is 1. The molecule has 0 saturated carbocycles. The topological polar surface area (TPSA) is 59.4 Å². The van der Waals surface area contributed by atoms with Gasteiger partial charge in [-0.3, -0.25) is 0 Å². The fourth-order valence-electron chi connectivity index (χ4n) is 2.16. The lowest BCUT2D eigenvalue weighted by Crippen LogP contribution is -2.06. The summed E-state index contributed by atoms with van der Waals surface area (Å²) in [5, 5.41) is 4.62. The van der Waals surface area contributed by atoms with Crippen LogP contribution in [0, 0.1) is 0 Å². The lowest BCUT2D eigenvalue weighted by atomic mass is 10.2. The SMILES string of the molecule is CCCn1nc(-c2ccccc2)nc1Cc1cnc[nH]1. The summed E-state index contributed by atoms with van der Waals surface area (Å²) in [7, 11) is 0. The minimum atomic E-state index is 0.722. The Labute approximate surface area is 117 Å². The van der Waals surface area contributed by atoms with Crippen LogP contribution in [0.15, 0.2) is 42.9 Å². The highest BCUT2D eigenvalue weighted by atomic mass is 15.3. The van der Waals surface area contributed by atoms with Gasteiger partial charge in [0.05, 0.1) is 6.33 Å². The predicted molar refractivity (Wildman–Crippen MR) is 77.1 cm³/mol. The molecule has 1 N–H and O–H groups in total. The first kappa shape index (κ1) is 12.6. The Morgan fingerprint density at radius 2 is 2.05 bits per heavy atom. The molecule has 0 spiro atoms. The minimum absolute atomic E-state index is 0.722. The van der Waals surface area contributed by atoms with Crippen LogP contribution in [0.3, 0.4) is 0 Å². The summed E-state index contributed by atoms with van der Waals surface area (Å²) in [6.45, 7) is 3.02. The summed E-state index contributed by atoms with van der Waals surface area (Å²) in [5.74, 6) is 1.75. The van der Waals surface area contributed by atoms with Gasteiger partial charge in [-0.1, -0.05) is 37.3 Å². The molecular weight excluding hydrogens is 250 g/mol. The number of benzene rings is 1. The molecule has 2 aromatic heterocycles. The van der Waals surface area contributed by atoms with Crippen molar-refractivity contribution in [2.45, 2.75) is 26.3 Å². The van der Waals surface area contributed by atoms with Crippen LogP contribution >= 0.6 is 0 Å². The zero-order chi connectivity index (χ0) is 13.8. The van der Waals surface area contributed by atoms with E-state index < -0.39 is 0 Å². The van der Waals surface area contributed by atoms with E-state index in [9.17, 15) is 0 Å². The summed E-state index contributed by atoms with van der Waals surface area (Å²) in [4.78, 5) is 11.8. The monoisotopic (exact) mass is 267 g/mol. The molecule has 0 bridgehead atoms. The number of aromatic nitrogens is 5. The third-order valence-corrected chi connectivity index (χ3v) is 3.12. The van der Waals surface area contributed by atoms with Gasteiger partial charge in [-0.05, 0) is 6.42 Å². The number of aromatic amines is 1. The van der Waals surface area contributed by atoms with E-state index in [2.05, 4.69) is 27.0 Å². The van der Waals surface area contributed by atoms with E-state index in [0.29, 0.717) is 0 Å². The maximum Gasteiger partial charge on any atom is 0.181 e. The van der Waals surface area contributed by atoms with Crippen molar-refractivity contribution < 1.29 is 0 Å². The highest BCUT2D eigenvalue weighted by Gasteiger charge is 2.12. The number of nitrogens with zero attached hydrogens (tertiary/aromatic N) is 4. The molecule has 3 rings (SSSR count). The number of nitrogens with one attached hydrogen (secondary N) is 1. The van der Waals surface area contributed by atoms with Gasteiger partial charge in [0, 0.05) is 30.4 Å². The standard InChI is InChI=1S/C15H17N5/c1-2-8-20-14(9-13-10-16-11-17-13)18-15(19-20)12-6-4-3-5-7-12/h3-7,10-11H,2,8-9H2,1H3,(H,16,17). The van der Waals surface area contributed by atoms with Crippen molar-refractivity contribution in [2.24, 2.45) is 0 Å². The van der Waals surface area contributed by atoms with Crippen molar-refractivity contribution in [3.8, 4) is 11.4 Å². The van der Waals surface area contributed by atoms with E-state index in [1.54, 1.807) is 6.33 Å². The summed E-state index contributed by atoms with van der Waals surface area (Å²) in [6.07, 6.45) is 5.27. The number of rotatable bonds is 5. The first-order valence-electron chi connectivity index (χ1n) is 6.83. The average Bonchev–Trinajstić information content (AvgIpc) is 3.12. The van der Waals surface area contributed by atoms with E-state index >= 15 is 0 Å². The summed E-state index contributed by atoms with van der Waals surface area (Å²) < 4.78 is 1.99. The molecule has 20 heavy (non-hydrogen) atoms. The lowest BCUT2D eigenvalue weighted by molar-refractivity contribution is 0.575. The molecular formula is C15H17N5. The largest absolute Gasteiger partial charge is 0.348 e. The molecule has 5 heteroatoms. The molecule has 0 aliphatic carbocycles. The predicted octanol–water partition coefficient (Wildman–Crippen LogP) is 2.67. The van der Waals surface area contributed by atoms with Crippen LogP contribution in [0.1, 0.15) is 24.9 Å². The highest BCUT2D eigenvalue weighted by molar-refractivity contribution is 5.54. The first-order chi connectivity index (χ1) is 9.86. The van der Waals surface area contributed by atoms with Gasteiger partial charge in [0.2, 0.25) is 0 Å². The zero-order valence-corrected chi connectivity index (χ0v) is 11.5. The average molecular weight is 267 g/mol. The molecule has 5 nitrogen and oxygen atoms in total. The van der Waals surface area contributed by atoms with Crippen molar-refractivity contribution in [1.82, 2.24) is 24.7 Å². The summed E-state index contributed by atoms with van der Waals surface area (Å²) in [6, 6.07) is 10.1.